The first-order valence-corrected chi connectivity index (χ1v) is 6.78. The van der Waals surface area contributed by atoms with E-state index in [0.29, 0.717) is 0 Å². The maximum absolute atomic E-state index is 12.0. The molecule has 18 heavy (non-hydrogen) atoms. The molecule has 2 rings (SSSR count). The fourth-order valence-corrected chi connectivity index (χ4v) is 3.03. The molecule has 1 aliphatic rings. The van der Waals surface area contributed by atoms with Gasteiger partial charge >= 0.3 is 0 Å². The second kappa shape index (κ2) is 5.53. The summed E-state index contributed by atoms with van der Waals surface area (Å²) in [5, 5.41) is 0. The number of nitrogens with zero attached hydrogens (tertiary/aromatic N) is 1. The van der Waals surface area contributed by atoms with Gasteiger partial charge in [-0.05, 0) is 44.3 Å². The first kappa shape index (κ1) is 13.1. The molecule has 0 radical (unpaired) electrons. The van der Waals surface area contributed by atoms with Crippen LogP contribution in [-0.2, 0) is 11.2 Å². The van der Waals surface area contributed by atoms with Crippen molar-refractivity contribution in [1.29, 1.82) is 0 Å². The Bertz CT molecular complexity index is 404. The summed E-state index contributed by atoms with van der Waals surface area (Å²) in [7, 11) is 0. The van der Waals surface area contributed by atoms with E-state index in [2.05, 4.69) is 24.0 Å². The number of hydrogen-bond acceptors (Lipinski definition) is 2. The lowest BCUT2D eigenvalue weighted by Crippen LogP contribution is -2.55. The number of likely N-dealkylation sites (tertiary alicyclic amines) is 1. The van der Waals surface area contributed by atoms with Gasteiger partial charge in [-0.25, -0.2) is 0 Å². The van der Waals surface area contributed by atoms with Gasteiger partial charge < -0.3 is 5.73 Å². The molecule has 0 bridgehead atoms. The monoisotopic (exact) mass is 246 g/mol. The second-order valence-electron chi connectivity index (χ2n) is 5.15. The molecule has 0 aromatic heterocycles. The van der Waals surface area contributed by atoms with Gasteiger partial charge in [-0.3, -0.25) is 9.69 Å². The Labute approximate surface area is 109 Å². The third-order valence-electron chi connectivity index (χ3n) is 3.92. The molecule has 3 heteroatoms. The number of carbonyl (C=O) groups is 1. The predicted molar refractivity (Wildman–Crippen MR) is 73.2 cm³/mol. The number of nitrogens with two attached hydrogens (primary N) is 1. The van der Waals surface area contributed by atoms with Crippen molar-refractivity contribution in [3.63, 3.8) is 0 Å². The highest BCUT2D eigenvalue weighted by Crippen LogP contribution is 2.32. The maximum atomic E-state index is 12.0. The minimum atomic E-state index is -0.461. The first-order chi connectivity index (χ1) is 8.69. The van der Waals surface area contributed by atoms with E-state index in [1.54, 1.807) is 0 Å². The highest BCUT2D eigenvalue weighted by atomic mass is 16.1. The van der Waals surface area contributed by atoms with Gasteiger partial charge in [-0.1, -0.05) is 37.3 Å². The number of amides is 1. The number of primary amides is 1. The zero-order valence-corrected chi connectivity index (χ0v) is 11.1. The van der Waals surface area contributed by atoms with Crippen molar-refractivity contribution >= 4 is 5.91 Å². The summed E-state index contributed by atoms with van der Waals surface area (Å²) in [5.41, 5.74) is 6.45. The number of benzene rings is 1. The van der Waals surface area contributed by atoms with E-state index < -0.39 is 5.54 Å². The van der Waals surface area contributed by atoms with E-state index in [4.69, 9.17) is 5.73 Å². The van der Waals surface area contributed by atoms with E-state index in [1.165, 1.54) is 5.56 Å². The van der Waals surface area contributed by atoms with Crippen LogP contribution in [0.25, 0.3) is 0 Å². The van der Waals surface area contributed by atoms with Crippen LogP contribution in [0, 0.1) is 0 Å². The van der Waals surface area contributed by atoms with E-state index in [9.17, 15) is 4.79 Å². The van der Waals surface area contributed by atoms with Gasteiger partial charge in [0.05, 0.1) is 0 Å². The van der Waals surface area contributed by atoms with E-state index in [-0.39, 0.29) is 5.91 Å². The van der Waals surface area contributed by atoms with Gasteiger partial charge in [-0.2, -0.15) is 0 Å². The largest absolute Gasteiger partial charge is 0.368 e. The zero-order chi connectivity index (χ0) is 13.0. The Morgan fingerprint density at radius 2 is 2.11 bits per heavy atom. The van der Waals surface area contributed by atoms with Gasteiger partial charge in [0, 0.05) is 0 Å². The normalized spacial score (nSPS) is 24.3. The molecule has 1 amide bonds. The third kappa shape index (κ3) is 2.41. The van der Waals surface area contributed by atoms with E-state index in [1.807, 2.05) is 18.2 Å². The van der Waals surface area contributed by atoms with Crippen LogP contribution in [0.15, 0.2) is 30.3 Å². The molecule has 3 nitrogen and oxygen atoms in total. The van der Waals surface area contributed by atoms with E-state index in [0.717, 1.165) is 38.8 Å². The van der Waals surface area contributed by atoms with Crippen LogP contribution in [0.1, 0.15) is 31.7 Å². The molecule has 0 saturated carbocycles. The van der Waals surface area contributed by atoms with Crippen molar-refractivity contribution in [2.24, 2.45) is 5.73 Å². The molecule has 1 saturated heterocycles. The summed E-state index contributed by atoms with van der Waals surface area (Å²) in [4.78, 5) is 14.3. The van der Waals surface area contributed by atoms with Gasteiger partial charge in [0.2, 0.25) is 5.91 Å². The van der Waals surface area contributed by atoms with Crippen LogP contribution >= 0.6 is 0 Å². The molecular formula is C15H22N2O. The van der Waals surface area contributed by atoms with Crippen LogP contribution in [-0.4, -0.2) is 29.4 Å². The van der Waals surface area contributed by atoms with Crippen molar-refractivity contribution in [2.75, 3.05) is 13.1 Å². The first-order valence-electron chi connectivity index (χ1n) is 6.78. The second-order valence-corrected chi connectivity index (χ2v) is 5.15. The van der Waals surface area contributed by atoms with E-state index >= 15 is 0 Å². The maximum Gasteiger partial charge on any atom is 0.238 e. The Hall–Kier alpha value is -1.35. The topological polar surface area (TPSA) is 46.3 Å². The molecule has 98 valence electrons. The number of hydrogen-bond donors (Lipinski definition) is 1. The molecule has 1 aromatic rings. The Morgan fingerprint density at radius 3 is 2.72 bits per heavy atom. The fraction of sp³-hybridized carbons (Fsp3) is 0.533. The lowest BCUT2D eigenvalue weighted by atomic mass is 9.87. The zero-order valence-electron chi connectivity index (χ0n) is 11.1. The lowest BCUT2D eigenvalue weighted by molar-refractivity contribution is -0.128. The fourth-order valence-electron chi connectivity index (χ4n) is 3.03. The van der Waals surface area contributed by atoms with Gasteiger partial charge in [0.1, 0.15) is 5.54 Å². The molecule has 1 aliphatic heterocycles. The highest BCUT2D eigenvalue weighted by molar-refractivity contribution is 5.85. The third-order valence-corrected chi connectivity index (χ3v) is 3.92. The van der Waals surface area contributed by atoms with Gasteiger partial charge in [-0.15, -0.1) is 0 Å². The summed E-state index contributed by atoms with van der Waals surface area (Å²) in [6, 6.07) is 10.2. The summed E-state index contributed by atoms with van der Waals surface area (Å²) in [6.07, 6.45) is 3.75. The van der Waals surface area contributed by atoms with Crippen molar-refractivity contribution in [3.05, 3.63) is 35.9 Å². The SMILES string of the molecule is CCCN1CCC[C@@]1(Cc1ccccc1)C(N)=O. The molecule has 0 aliphatic carbocycles. The average Bonchev–Trinajstić information content (AvgIpc) is 2.75. The minimum Gasteiger partial charge on any atom is -0.368 e. The van der Waals surface area contributed by atoms with Crippen molar-refractivity contribution in [3.8, 4) is 0 Å². The Kier molecular flexibility index (Phi) is 4.02. The summed E-state index contributed by atoms with van der Waals surface area (Å²) in [5.74, 6) is -0.169. The number of carbonyl (C=O) groups excluding carboxylic acids is 1. The molecule has 1 atom stereocenters. The van der Waals surface area contributed by atoms with Crippen LogP contribution in [0.4, 0.5) is 0 Å². The molecule has 2 N–H and O–H groups in total. The van der Waals surface area contributed by atoms with Crippen molar-refractivity contribution in [1.82, 2.24) is 4.90 Å². The predicted octanol–water partition coefficient (Wildman–Crippen LogP) is 1.96. The van der Waals surface area contributed by atoms with Crippen LogP contribution in [0.5, 0.6) is 0 Å². The smallest absolute Gasteiger partial charge is 0.238 e. The molecular weight excluding hydrogens is 224 g/mol. The van der Waals surface area contributed by atoms with Crippen LogP contribution in [0.3, 0.4) is 0 Å². The lowest BCUT2D eigenvalue weighted by Gasteiger charge is -2.35. The molecule has 1 fully saturated rings. The van der Waals surface area contributed by atoms with Crippen LogP contribution in [0.2, 0.25) is 0 Å². The van der Waals surface area contributed by atoms with Gasteiger partial charge in [0.15, 0.2) is 0 Å². The minimum absolute atomic E-state index is 0.169. The number of rotatable bonds is 5. The summed E-state index contributed by atoms with van der Waals surface area (Å²) in [6.45, 7) is 4.09. The molecule has 0 spiro atoms. The standard InChI is InChI=1S/C15H22N2O/c1-2-10-17-11-6-9-15(17,14(16)18)12-13-7-4-3-5-8-13/h3-5,7-8H,2,6,9-12H2,1H3,(H2,16,18)/t15-/m1/s1. The summed E-state index contributed by atoms with van der Waals surface area (Å²) >= 11 is 0. The highest BCUT2D eigenvalue weighted by Gasteiger charge is 2.45. The van der Waals surface area contributed by atoms with Crippen LogP contribution < -0.4 is 5.73 Å². The van der Waals surface area contributed by atoms with Crippen molar-refractivity contribution in [2.45, 2.75) is 38.1 Å². The quantitative estimate of drug-likeness (QED) is 0.863. The van der Waals surface area contributed by atoms with Gasteiger partial charge in [0.25, 0.3) is 0 Å². The average molecular weight is 246 g/mol. The molecule has 1 aromatic carbocycles. The Balaban J connectivity index is 2.24. The Morgan fingerprint density at radius 1 is 1.39 bits per heavy atom. The molecule has 0 unspecified atom stereocenters. The van der Waals surface area contributed by atoms with Crippen molar-refractivity contribution < 1.29 is 4.79 Å². The summed E-state index contributed by atoms with van der Waals surface area (Å²) < 4.78 is 0. The molecule has 1 heterocycles.